The lowest BCUT2D eigenvalue weighted by Gasteiger charge is -2.27. The van der Waals surface area contributed by atoms with Gasteiger partial charge in [0, 0.05) is 12.6 Å². The van der Waals surface area contributed by atoms with E-state index in [-0.39, 0.29) is 11.5 Å². The second-order valence-corrected chi connectivity index (χ2v) is 6.65. The molecule has 1 atom stereocenters. The fourth-order valence-corrected chi connectivity index (χ4v) is 4.13. The van der Waals surface area contributed by atoms with Gasteiger partial charge in [-0.25, -0.2) is 12.8 Å². The molecule has 0 bridgehead atoms. The topological polar surface area (TPSA) is 57.6 Å². The molecule has 1 aromatic rings. The maximum atomic E-state index is 13.2. The average molecular weight is 287 g/mol. The predicted molar refractivity (Wildman–Crippen MR) is 69.6 cm³/mol. The van der Waals surface area contributed by atoms with Crippen LogP contribution in [0.1, 0.15) is 25.7 Å². The Labute approximate surface area is 112 Å². The Morgan fingerprint density at radius 2 is 2.11 bits per heavy atom. The lowest BCUT2D eigenvalue weighted by molar-refractivity contribution is 0.186. The third-order valence-corrected chi connectivity index (χ3v) is 5.38. The van der Waals surface area contributed by atoms with Gasteiger partial charge in [-0.05, 0) is 31.0 Å². The monoisotopic (exact) mass is 287 g/mol. The van der Waals surface area contributed by atoms with Crippen molar-refractivity contribution in [2.45, 2.75) is 36.6 Å². The Bertz CT molecular complexity index is 532. The molecule has 0 aliphatic carbocycles. The van der Waals surface area contributed by atoms with Crippen LogP contribution in [0.5, 0.6) is 0 Å². The minimum Gasteiger partial charge on any atom is -0.395 e. The number of hydrogen-bond acceptors (Lipinski definition) is 3. The maximum Gasteiger partial charge on any atom is 0.243 e. The molecule has 1 N–H and O–H groups in total. The minimum atomic E-state index is -3.74. The van der Waals surface area contributed by atoms with Gasteiger partial charge in [0.05, 0.1) is 11.5 Å². The number of aliphatic hydroxyl groups is 1. The van der Waals surface area contributed by atoms with Crippen molar-refractivity contribution in [1.29, 1.82) is 0 Å². The molecule has 0 amide bonds. The van der Waals surface area contributed by atoms with Crippen LogP contribution in [0.15, 0.2) is 29.2 Å². The number of hydrogen-bond donors (Lipinski definition) is 1. The first-order valence-electron chi connectivity index (χ1n) is 6.44. The molecule has 1 aromatic carbocycles. The molecule has 0 saturated carbocycles. The summed E-state index contributed by atoms with van der Waals surface area (Å²) in [6, 6.07) is 4.60. The molecule has 0 spiro atoms. The normalized spacial score (nSPS) is 22.1. The first kappa shape index (κ1) is 14.4. The largest absolute Gasteiger partial charge is 0.395 e. The van der Waals surface area contributed by atoms with Crippen LogP contribution < -0.4 is 0 Å². The molecule has 1 unspecified atom stereocenters. The van der Waals surface area contributed by atoms with Gasteiger partial charge < -0.3 is 5.11 Å². The van der Waals surface area contributed by atoms with Crippen molar-refractivity contribution in [2.24, 2.45) is 0 Å². The lowest BCUT2D eigenvalue weighted by Crippen LogP contribution is -2.42. The zero-order valence-corrected chi connectivity index (χ0v) is 11.4. The van der Waals surface area contributed by atoms with E-state index in [9.17, 15) is 17.9 Å². The van der Waals surface area contributed by atoms with E-state index in [1.165, 1.54) is 22.5 Å². The molecule has 2 rings (SSSR count). The first-order chi connectivity index (χ1) is 9.05. The fraction of sp³-hybridized carbons (Fsp3) is 0.538. The maximum absolute atomic E-state index is 13.2. The van der Waals surface area contributed by atoms with Crippen LogP contribution in [0.2, 0.25) is 0 Å². The summed E-state index contributed by atoms with van der Waals surface area (Å²) in [7, 11) is -3.74. The summed E-state index contributed by atoms with van der Waals surface area (Å²) in [5.41, 5.74) is 0. The van der Waals surface area contributed by atoms with Crippen molar-refractivity contribution < 1.29 is 17.9 Å². The average Bonchev–Trinajstić information content (AvgIpc) is 2.64. The highest BCUT2D eigenvalue weighted by Gasteiger charge is 2.32. The Balaban J connectivity index is 2.36. The number of halogens is 1. The zero-order valence-electron chi connectivity index (χ0n) is 10.6. The van der Waals surface area contributed by atoms with Crippen molar-refractivity contribution >= 4 is 10.0 Å². The van der Waals surface area contributed by atoms with Gasteiger partial charge in [0.1, 0.15) is 5.82 Å². The molecule has 1 heterocycles. The summed E-state index contributed by atoms with van der Waals surface area (Å²) in [5.74, 6) is -0.573. The van der Waals surface area contributed by atoms with Crippen LogP contribution in [-0.4, -0.2) is 37.0 Å². The summed E-state index contributed by atoms with van der Waals surface area (Å²) in [4.78, 5) is -0.0483. The molecule has 1 aliphatic heterocycles. The number of benzene rings is 1. The fourth-order valence-electron chi connectivity index (χ4n) is 2.41. The van der Waals surface area contributed by atoms with Gasteiger partial charge in [-0.1, -0.05) is 18.9 Å². The van der Waals surface area contributed by atoms with Crippen LogP contribution >= 0.6 is 0 Å². The summed E-state index contributed by atoms with van der Waals surface area (Å²) in [5, 5.41) is 9.37. The molecule has 1 fully saturated rings. The smallest absolute Gasteiger partial charge is 0.243 e. The highest BCUT2D eigenvalue weighted by Crippen LogP contribution is 2.24. The second kappa shape index (κ2) is 5.98. The van der Waals surface area contributed by atoms with Crippen molar-refractivity contribution in [2.75, 3.05) is 13.2 Å². The summed E-state index contributed by atoms with van der Waals surface area (Å²) in [6.45, 7) is 0.179. The molecule has 4 nitrogen and oxygen atoms in total. The summed E-state index contributed by atoms with van der Waals surface area (Å²) >= 11 is 0. The third kappa shape index (κ3) is 3.13. The van der Waals surface area contributed by atoms with Crippen molar-refractivity contribution in [3.63, 3.8) is 0 Å². The summed E-state index contributed by atoms with van der Waals surface area (Å²) < 4.78 is 39.5. The van der Waals surface area contributed by atoms with E-state index in [0.717, 1.165) is 25.3 Å². The van der Waals surface area contributed by atoms with Crippen LogP contribution in [0.3, 0.4) is 0 Å². The van der Waals surface area contributed by atoms with Gasteiger partial charge in [-0.2, -0.15) is 4.31 Å². The van der Waals surface area contributed by atoms with E-state index >= 15 is 0 Å². The Kier molecular flexibility index (Phi) is 4.54. The predicted octanol–water partition coefficient (Wildman–Crippen LogP) is 1.75. The molecule has 6 heteroatoms. The van der Waals surface area contributed by atoms with E-state index in [1.807, 2.05) is 0 Å². The van der Waals surface area contributed by atoms with Crippen LogP contribution in [0.25, 0.3) is 0 Å². The van der Waals surface area contributed by atoms with Gasteiger partial charge in [-0.3, -0.25) is 0 Å². The SMILES string of the molecule is O=S(=O)(c1cccc(F)c1)N1CCCCCC1CO. The molecular weight excluding hydrogens is 269 g/mol. The van der Waals surface area contributed by atoms with Gasteiger partial charge >= 0.3 is 0 Å². The van der Waals surface area contributed by atoms with Gasteiger partial charge in [0.2, 0.25) is 10.0 Å². The van der Waals surface area contributed by atoms with E-state index in [0.29, 0.717) is 13.0 Å². The number of rotatable bonds is 3. The van der Waals surface area contributed by atoms with E-state index in [2.05, 4.69) is 0 Å². The minimum absolute atomic E-state index is 0.0483. The Morgan fingerprint density at radius 3 is 2.79 bits per heavy atom. The first-order valence-corrected chi connectivity index (χ1v) is 7.88. The van der Waals surface area contributed by atoms with Crippen molar-refractivity contribution in [3.8, 4) is 0 Å². The molecule has 0 radical (unpaired) electrons. The standard InChI is InChI=1S/C13H18FNO3S/c14-11-5-4-7-13(9-11)19(17,18)15-8-3-1-2-6-12(15)10-16/h4-5,7,9,12,16H,1-3,6,8,10H2. The molecule has 1 saturated heterocycles. The van der Waals surface area contributed by atoms with E-state index < -0.39 is 21.9 Å². The lowest BCUT2D eigenvalue weighted by atomic mass is 10.1. The molecular formula is C13H18FNO3S. The van der Waals surface area contributed by atoms with Gasteiger partial charge in [0.25, 0.3) is 0 Å². The van der Waals surface area contributed by atoms with Gasteiger partial charge in [0.15, 0.2) is 0 Å². The van der Waals surface area contributed by atoms with Crippen LogP contribution in [0, 0.1) is 5.82 Å². The molecule has 19 heavy (non-hydrogen) atoms. The Hall–Kier alpha value is -0.980. The zero-order chi connectivity index (χ0) is 13.9. The summed E-state index contributed by atoms with van der Waals surface area (Å²) in [6.07, 6.45) is 3.27. The number of aliphatic hydroxyl groups excluding tert-OH is 1. The Morgan fingerprint density at radius 1 is 1.32 bits per heavy atom. The van der Waals surface area contributed by atoms with Crippen LogP contribution in [-0.2, 0) is 10.0 Å². The van der Waals surface area contributed by atoms with Gasteiger partial charge in [-0.15, -0.1) is 0 Å². The van der Waals surface area contributed by atoms with E-state index in [1.54, 1.807) is 0 Å². The third-order valence-electron chi connectivity index (χ3n) is 3.44. The molecule has 106 valence electrons. The molecule has 0 aromatic heterocycles. The van der Waals surface area contributed by atoms with Crippen LogP contribution in [0.4, 0.5) is 4.39 Å². The highest BCUT2D eigenvalue weighted by atomic mass is 32.2. The highest BCUT2D eigenvalue weighted by molar-refractivity contribution is 7.89. The quantitative estimate of drug-likeness (QED) is 0.921. The van der Waals surface area contributed by atoms with E-state index in [4.69, 9.17) is 0 Å². The van der Waals surface area contributed by atoms with Crippen molar-refractivity contribution in [3.05, 3.63) is 30.1 Å². The van der Waals surface area contributed by atoms with Crippen molar-refractivity contribution in [1.82, 2.24) is 4.31 Å². The second-order valence-electron chi connectivity index (χ2n) is 4.76. The number of nitrogens with zero attached hydrogens (tertiary/aromatic N) is 1. The number of sulfonamides is 1. The molecule has 1 aliphatic rings.